The summed E-state index contributed by atoms with van der Waals surface area (Å²) in [4.78, 5) is 0. The second-order valence-corrected chi connectivity index (χ2v) is 3.44. The predicted molar refractivity (Wildman–Crippen MR) is 42.0 cm³/mol. The van der Waals surface area contributed by atoms with Crippen LogP contribution >= 0.6 is 31.9 Å². The molecule has 8 heavy (non-hydrogen) atoms. The minimum atomic E-state index is 0.898. The van der Waals surface area contributed by atoms with Gasteiger partial charge in [-0.1, -0.05) is 15.9 Å². The largest absolute Gasteiger partial charge is 0.385 e. The average Bonchev–Trinajstić information content (AvgIpc) is 1.64. The summed E-state index contributed by atoms with van der Waals surface area (Å²) in [6.45, 7) is 0.898. The van der Waals surface area contributed by atoms with Gasteiger partial charge in [-0.05, 0) is 22.0 Å². The van der Waals surface area contributed by atoms with Gasteiger partial charge in [0.25, 0.3) is 0 Å². The van der Waals surface area contributed by atoms with Crippen LogP contribution in [0.4, 0.5) is 0 Å². The summed E-state index contributed by atoms with van der Waals surface area (Å²) in [6.07, 6.45) is 3.95. The lowest BCUT2D eigenvalue weighted by Crippen LogP contribution is -2.10. The van der Waals surface area contributed by atoms with E-state index in [1.54, 1.807) is 0 Å². The highest BCUT2D eigenvalue weighted by atomic mass is 79.9. The summed E-state index contributed by atoms with van der Waals surface area (Å²) < 4.78 is 2.25. The molecule has 0 fully saturated rings. The van der Waals surface area contributed by atoms with Gasteiger partial charge in [0, 0.05) is 21.7 Å². The van der Waals surface area contributed by atoms with Crippen LogP contribution in [0.15, 0.2) is 21.2 Å². The fraction of sp³-hybridized carbons (Fsp3) is 0.200. The maximum absolute atomic E-state index is 3.36. The second kappa shape index (κ2) is 2.69. The average molecular weight is 239 g/mol. The summed E-state index contributed by atoms with van der Waals surface area (Å²) in [5, 5.41) is 3.06. The third-order valence-electron chi connectivity index (χ3n) is 0.805. The minimum absolute atomic E-state index is 0.898. The quantitative estimate of drug-likeness (QED) is 0.682. The smallest absolute Gasteiger partial charge is 0.0461 e. The van der Waals surface area contributed by atoms with Crippen molar-refractivity contribution in [3.8, 4) is 0 Å². The first-order valence-corrected chi connectivity index (χ1v) is 3.83. The van der Waals surface area contributed by atoms with Gasteiger partial charge < -0.3 is 5.32 Å². The van der Waals surface area contributed by atoms with Crippen LogP contribution in [0.25, 0.3) is 0 Å². The molecule has 0 spiro atoms. The molecule has 0 unspecified atom stereocenters. The van der Waals surface area contributed by atoms with Crippen LogP contribution in [0.5, 0.6) is 0 Å². The van der Waals surface area contributed by atoms with Gasteiger partial charge >= 0.3 is 0 Å². The lowest BCUT2D eigenvalue weighted by atomic mass is 10.4. The Morgan fingerprint density at radius 3 is 2.62 bits per heavy atom. The highest BCUT2D eigenvalue weighted by Crippen LogP contribution is 2.15. The highest BCUT2D eigenvalue weighted by molar-refractivity contribution is 9.12. The molecule has 0 bridgehead atoms. The fourth-order valence-electron chi connectivity index (χ4n) is 0.488. The molecule has 44 valence electrons. The van der Waals surface area contributed by atoms with Crippen molar-refractivity contribution in [1.82, 2.24) is 5.32 Å². The number of nitrogens with one attached hydrogen (secondary N) is 1. The molecule has 1 N–H and O–H groups in total. The van der Waals surface area contributed by atoms with Crippen molar-refractivity contribution in [2.24, 2.45) is 0 Å². The lowest BCUT2D eigenvalue weighted by molar-refractivity contribution is 0.962. The van der Waals surface area contributed by atoms with Crippen molar-refractivity contribution in [2.45, 2.75) is 0 Å². The van der Waals surface area contributed by atoms with Crippen LogP contribution in [-0.2, 0) is 0 Å². The van der Waals surface area contributed by atoms with Gasteiger partial charge in [0.15, 0.2) is 0 Å². The van der Waals surface area contributed by atoms with Crippen LogP contribution in [-0.4, -0.2) is 6.54 Å². The van der Waals surface area contributed by atoms with E-state index in [9.17, 15) is 0 Å². The third kappa shape index (κ3) is 1.63. The van der Waals surface area contributed by atoms with E-state index in [1.165, 1.54) is 4.48 Å². The topological polar surface area (TPSA) is 12.0 Å². The molecule has 0 saturated heterocycles. The molecule has 0 saturated carbocycles. The second-order valence-electron chi connectivity index (χ2n) is 1.50. The molecule has 0 atom stereocenters. The molecule has 1 nitrogen and oxygen atoms in total. The van der Waals surface area contributed by atoms with Crippen LogP contribution < -0.4 is 5.32 Å². The molecule has 0 aromatic heterocycles. The summed E-state index contributed by atoms with van der Waals surface area (Å²) in [6, 6.07) is 0. The number of allylic oxidation sites excluding steroid dienone is 2. The lowest BCUT2D eigenvalue weighted by Gasteiger charge is -2.05. The Balaban J connectivity index is 2.69. The van der Waals surface area contributed by atoms with Crippen LogP contribution in [0.2, 0.25) is 0 Å². The maximum Gasteiger partial charge on any atom is 0.0461 e. The van der Waals surface area contributed by atoms with Crippen LogP contribution in [0.3, 0.4) is 0 Å². The minimum Gasteiger partial charge on any atom is -0.385 e. The first-order valence-electron chi connectivity index (χ1n) is 2.24. The molecular formula is C5H5Br2N. The Bertz CT molecular complexity index is 149. The first-order chi connectivity index (χ1) is 3.79. The van der Waals surface area contributed by atoms with E-state index in [-0.39, 0.29) is 0 Å². The van der Waals surface area contributed by atoms with Gasteiger partial charge in [-0.2, -0.15) is 0 Å². The van der Waals surface area contributed by atoms with Gasteiger partial charge in [-0.25, -0.2) is 0 Å². The number of hydrogen-bond donors (Lipinski definition) is 1. The molecule has 1 rings (SSSR count). The standard InChI is InChI=1S/C5H5Br2N/c6-4-1-5(7)3-8-2-4/h1-2,8H,3H2. The van der Waals surface area contributed by atoms with Gasteiger partial charge in [-0.15, -0.1) is 0 Å². The first kappa shape index (κ1) is 6.36. The molecule has 0 aromatic carbocycles. The van der Waals surface area contributed by atoms with Crippen LogP contribution in [0, 0.1) is 0 Å². The Morgan fingerprint density at radius 1 is 1.50 bits per heavy atom. The Hall–Kier alpha value is 0.240. The number of halogens is 2. The summed E-state index contributed by atoms with van der Waals surface area (Å²) >= 11 is 6.68. The van der Waals surface area contributed by atoms with Crippen molar-refractivity contribution < 1.29 is 0 Å². The van der Waals surface area contributed by atoms with Crippen molar-refractivity contribution >= 4 is 31.9 Å². The molecule has 0 amide bonds. The van der Waals surface area contributed by atoms with E-state index in [0.717, 1.165) is 11.0 Å². The van der Waals surface area contributed by atoms with E-state index in [4.69, 9.17) is 0 Å². The highest BCUT2D eigenvalue weighted by Gasteiger charge is 1.96. The summed E-state index contributed by atoms with van der Waals surface area (Å²) in [5.74, 6) is 0. The van der Waals surface area contributed by atoms with Crippen LogP contribution in [0.1, 0.15) is 0 Å². The molecule has 0 aliphatic carbocycles. The Kier molecular flexibility index (Phi) is 2.14. The Labute approximate surface area is 65.1 Å². The zero-order chi connectivity index (χ0) is 5.98. The molecule has 1 aliphatic rings. The molecule has 0 aromatic rings. The monoisotopic (exact) mass is 237 g/mol. The van der Waals surface area contributed by atoms with Gasteiger partial charge in [-0.3, -0.25) is 0 Å². The SMILES string of the molecule is BrC1=CNCC(Br)=C1. The van der Waals surface area contributed by atoms with E-state index in [2.05, 4.69) is 37.2 Å². The molecule has 3 heteroatoms. The maximum atomic E-state index is 3.36. The van der Waals surface area contributed by atoms with Gasteiger partial charge in [0.05, 0.1) is 0 Å². The van der Waals surface area contributed by atoms with Gasteiger partial charge in [0.1, 0.15) is 0 Å². The number of dihydropyridines is 1. The van der Waals surface area contributed by atoms with E-state index in [1.807, 2.05) is 12.3 Å². The van der Waals surface area contributed by atoms with Crippen molar-refractivity contribution in [1.29, 1.82) is 0 Å². The van der Waals surface area contributed by atoms with Crippen molar-refractivity contribution in [2.75, 3.05) is 6.54 Å². The molecular weight excluding hydrogens is 234 g/mol. The Morgan fingerprint density at radius 2 is 2.25 bits per heavy atom. The molecule has 1 aliphatic heterocycles. The summed E-state index contributed by atoms with van der Waals surface area (Å²) in [5.41, 5.74) is 0. The van der Waals surface area contributed by atoms with E-state index < -0.39 is 0 Å². The zero-order valence-corrected chi connectivity index (χ0v) is 7.29. The van der Waals surface area contributed by atoms with E-state index >= 15 is 0 Å². The predicted octanol–water partition coefficient (Wildman–Crippen LogP) is 2.10. The van der Waals surface area contributed by atoms with Crippen molar-refractivity contribution in [3.05, 3.63) is 21.2 Å². The third-order valence-corrected chi connectivity index (χ3v) is 1.77. The normalized spacial score (nSPS) is 18.8. The number of hydrogen-bond acceptors (Lipinski definition) is 1. The molecule has 1 heterocycles. The fourth-order valence-corrected chi connectivity index (χ4v) is 1.64. The summed E-state index contributed by atoms with van der Waals surface area (Å²) in [7, 11) is 0. The zero-order valence-electron chi connectivity index (χ0n) is 4.12. The van der Waals surface area contributed by atoms with Gasteiger partial charge in [0.2, 0.25) is 0 Å². The van der Waals surface area contributed by atoms with E-state index in [0.29, 0.717) is 0 Å². The molecule has 0 radical (unpaired) electrons. The number of rotatable bonds is 0. The van der Waals surface area contributed by atoms with Crippen molar-refractivity contribution in [3.63, 3.8) is 0 Å².